The Kier molecular flexibility index (Phi) is 5.70. The van der Waals surface area contributed by atoms with E-state index in [1.807, 2.05) is 19.1 Å². The molecule has 4 unspecified atom stereocenters. The van der Waals surface area contributed by atoms with E-state index >= 15 is 0 Å². The highest BCUT2D eigenvalue weighted by Crippen LogP contribution is 2.56. The van der Waals surface area contributed by atoms with Gasteiger partial charge in [0, 0.05) is 34.7 Å². The lowest BCUT2D eigenvalue weighted by molar-refractivity contribution is -0.140. The predicted molar refractivity (Wildman–Crippen MR) is 130 cm³/mol. The number of Topliss-reactive ketones (excluding diaryl/α,β-unsaturated/α-hetero) is 1. The SMILES string of the molecule is C=CCc1cccc(C2C3=CCC4C(=O)N(CCC)C(=O)C4C3CC3=C2C(=O)C=C(C)C3=O)c1O. The number of carbonyl (C=O) groups excluding carboxylic acids is 4. The van der Waals surface area contributed by atoms with Gasteiger partial charge in [-0.25, -0.2) is 0 Å². The van der Waals surface area contributed by atoms with Gasteiger partial charge in [0.05, 0.1) is 11.8 Å². The topological polar surface area (TPSA) is 91.8 Å². The Bertz CT molecular complexity index is 1280. The van der Waals surface area contributed by atoms with Crippen LogP contribution in [0.25, 0.3) is 0 Å². The number of allylic oxidation sites excluding steroid dienone is 7. The van der Waals surface area contributed by atoms with Gasteiger partial charge in [-0.15, -0.1) is 6.58 Å². The normalized spacial score (nSPS) is 27.9. The second kappa shape index (κ2) is 8.59. The standard InChI is InChI=1S/C29H29NO5/c1-4-7-16-8-6-9-18(27(16)33)23-17-10-11-19-24(29(35)30(12-5-2)28(19)34)20(17)14-21-25(23)22(31)13-15(3)26(21)32/h4,6,8-10,13,19-20,23-24,33H,1,5,7,11-12,14H2,2-3H3. The van der Waals surface area contributed by atoms with E-state index in [9.17, 15) is 24.3 Å². The number of aromatic hydroxyl groups is 1. The zero-order chi connectivity index (χ0) is 25.0. The van der Waals surface area contributed by atoms with E-state index in [1.54, 1.807) is 25.1 Å². The first-order valence-electron chi connectivity index (χ1n) is 12.3. The van der Waals surface area contributed by atoms with Gasteiger partial charge >= 0.3 is 0 Å². The summed E-state index contributed by atoms with van der Waals surface area (Å²) in [7, 11) is 0. The minimum atomic E-state index is -0.640. The number of benzene rings is 1. The highest BCUT2D eigenvalue weighted by Gasteiger charge is 2.56. The van der Waals surface area contributed by atoms with Crippen molar-refractivity contribution in [2.24, 2.45) is 17.8 Å². The Morgan fingerprint density at radius 3 is 2.63 bits per heavy atom. The van der Waals surface area contributed by atoms with E-state index in [-0.39, 0.29) is 41.5 Å². The Morgan fingerprint density at radius 1 is 1.14 bits per heavy atom. The van der Waals surface area contributed by atoms with Crippen LogP contribution in [0.5, 0.6) is 5.75 Å². The van der Waals surface area contributed by atoms with Crippen LogP contribution in [0.15, 0.2) is 65.3 Å². The van der Waals surface area contributed by atoms with Gasteiger partial charge in [-0.3, -0.25) is 24.1 Å². The van der Waals surface area contributed by atoms with Crippen molar-refractivity contribution in [1.82, 2.24) is 4.90 Å². The monoisotopic (exact) mass is 471 g/mol. The fraction of sp³-hybridized carbons (Fsp3) is 0.379. The van der Waals surface area contributed by atoms with Gasteiger partial charge in [0.15, 0.2) is 11.6 Å². The van der Waals surface area contributed by atoms with Crippen molar-refractivity contribution in [3.63, 3.8) is 0 Å². The van der Waals surface area contributed by atoms with Crippen LogP contribution in [0.1, 0.15) is 50.2 Å². The van der Waals surface area contributed by atoms with Crippen LogP contribution in [-0.4, -0.2) is 39.9 Å². The fourth-order valence-corrected chi connectivity index (χ4v) is 6.41. The number of likely N-dealkylation sites (tertiary alicyclic amines) is 1. The number of imide groups is 1. The van der Waals surface area contributed by atoms with E-state index in [2.05, 4.69) is 6.58 Å². The van der Waals surface area contributed by atoms with Gasteiger partial charge in [-0.2, -0.15) is 0 Å². The summed E-state index contributed by atoms with van der Waals surface area (Å²) in [5.74, 6) is -2.72. The first-order chi connectivity index (χ1) is 16.8. The van der Waals surface area contributed by atoms with Crippen LogP contribution in [0.2, 0.25) is 0 Å². The summed E-state index contributed by atoms with van der Waals surface area (Å²) in [6, 6.07) is 5.41. The molecule has 3 aliphatic carbocycles. The van der Waals surface area contributed by atoms with Gasteiger partial charge in [0.1, 0.15) is 5.75 Å². The number of ketones is 2. The number of para-hydroxylation sites is 1. The molecule has 6 heteroatoms. The van der Waals surface area contributed by atoms with E-state index < -0.39 is 17.8 Å². The Hall–Kier alpha value is -3.54. The maximum Gasteiger partial charge on any atom is 0.233 e. The maximum atomic E-state index is 13.5. The van der Waals surface area contributed by atoms with E-state index in [0.717, 1.165) is 5.57 Å². The number of rotatable bonds is 5. The molecule has 1 N–H and O–H groups in total. The highest BCUT2D eigenvalue weighted by atomic mass is 16.3. The molecule has 0 bridgehead atoms. The zero-order valence-corrected chi connectivity index (χ0v) is 20.0. The number of hydrogen-bond donors (Lipinski definition) is 1. The van der Waals surface area contributed by atoms with Gasteiger partial charge in [0.25, 0.3) is 0 Å². The van der Waals surface area contributed by atoms with Gasteiger partial charge in [-0.05, 0) is 50.2 Å². The molecule has 180 valence electrons. The van der Waals surface area contributed by atoms with Crippen LogP contribution in [0, 0.1) is 17.8 Å². The van der Waals surface area contributed by atoms with E-state index in [4.69, 9.17) is 0 Å². The smallest absolute Gasteiger partial charge is 0.233 e. The Morgan fingerprint density at radius 2 is 1.91 bits per heavy atom. The molecule has 35 heavy (non-hydrogen) atoms. The third-order valence-electron chi connectivity index (χ3n) is 7.93. The average molecular weight is 472 g/mol. The zero-order valence-electron chi connectivity index (χ0n) is 20.0. The quantitative estimate of drug-likeness (QED) is 0.399. The third-order valence-corrected chi connectivity index (χ3v) is 7.93. The number of nitrogens with zero attached hydrogens (tertiary/aromatic N) is 1. The van der Waals surface area contributed by atoms with Crippen LogP contribution in [0.3, 0.4) is 0 Å². The van der Waals surface area contributed by atoms with Crippen LogP contribution in [-0.2, 0) is 25.6 Å². The van der Waals surface area contributed by atoms with Crippen molar-refractivity contribution >= 4 is 23.4 Å². The molecule has 4 atom stereocenters. The van der Waals surface area contributed by atoms with E-state index in [0.29, 0.717) is 53.7 Å². The summed E-state index contributed by atoms with van der Waals surface area (Å²) in [6.07, 6.45) is 6.84. The molecule has 2 amide bonds. The second-order valence-corrected chi connectivity index (χ2v) is 9.90. The highest BCUT2D eigenvalue weighted by molar-refractivity contribution is 6.23. The van der Waals surface area contributed by atoms with Crippen molar-refractivity contribution < 1.29 is 24.3 Å². The van der Waals surface area contributed by atoms with Crippen molar-refractivity contribution in [1.29, 1.82) is 0 Å². The molecule has 1 fully saturated rings. The molecule has 6 nitrogen and oxygen atoms in total. The van der Waals surface area contributed by atoms with Crippen LogP contribution < -0.4 is 0 Å². The molecule has 0 saturated carbocycles. The van der Waals surface area contributed by atoms with Crippen molar-refractivity contribution in [2.75, 3.05) is 6.54 Å². The first-order valence-corrected chi connectivity index (χ1v) is 12.3. The predicted octanol–water partition coefficient (Wildman–Crippen LogP) is 3.96. The van der Waals surface area contributed by atoms with Crippen molar-refractivity contribution in [3.8, 4) is 5.75 Å². The molecule has 0 aromatic heterocycles. The second-order valence-electron chi connectivity index (χ2n) is 9.90. The van der Waals surface area contributed by atoms with Gasteiger partial charge in [-0.1, -0.05) is 42.8 Å². The summed E-state index contributed by atoms with van der Waals surface area (Å²) in [4.78, 5) is 54.5. The Labute approximate surface area is 204 Å². The number of hydrogen-bond acceptors (Lipinski definition) is 5. The number of phenols is 1. The fourth-order valence-electron chi connectivity index (χ4n) is 6.41. The number of phenolic OH excluding ortho intramolecular Hbond substituents is 1. The minimum Gasteiger partial charge on any atom is -0.507 e. The Balaban J connectivity index is 1.70. The molecule has 1 aromatic rings. The summed E-state index contributed by atoms with van der Waals surface area (Å²) >= 11 is 0. The van der Waals surface area contributed by atoms with E-state index in [1.165, 1.54) is 11.0 Å². The molecule has 5 rings (SSSR count). The lowest BCUT2D eigenvalue weighted by Gasteiger charge is -2.42. The summed E-state index contributed by atoms with van der Waals surface area (Å²) in [5.41, 5.74) is 3.24. The lowest BCUT2D eigenvalue weighted by atomic mass is 9.59. The molecule has 1 saturated heterocycles. The average Bonchev–Trinajstić information content (AvgIpc) is 3.08. The minimum absolute atomic E-state index is 0.0703. The molecule has 1 heterocycles. The summed E-state index contributed by atoms with van der Waals surface area (Å²) in [6.45, 7) is 7.70. The van der Waals surface area contributed by atoms with Crippen LogP contribution >= 0.6 is 0 Å². The lowest BCUT2D eigenvalue weighted by Crippen LogP contribution is -2.39. The molecule has 4 aliphatic rings. The van der Waals surface area contributed by atoms with Gasteiger partial charge < -0.3 is 5.11 Å². The molecular formula is C29H29NO5. The number of carbonyl (C=O) groups is 4. The molecule has 0 radical (unpaired) electrons. The maximum absolute atomic E-state index is 13.5. The summed E-state index contributed by atoms with van der Waals surface area (Å²) < 4.78 is 0. The largest absolute Gasteiger partial charge is 0.507 e. The van der Waals surface area contributed by atoms with Gasteiger partial charge in [0.2, 0.25) is 11.8 Å². The molecule has 0 spiro atoms. The third kappa shape index (κ3) is 3.38. The number of amides is 2. The van der Waals surface area contributed by atoms with Crippen molar-refractivity contribution in [2.45, 2.75) is 45.4 Å². The molecule has 1 aliphatic heterocycles. The molecule has 1 aromatic carbocycles. The van der Waals surface area contributed by atoms with Crippen LogP contribution in [0.4, 0.5) is 0 Å². The first kappa shape index (κ1) is 23.2. The number of fused-ring (bicyclic) bond motifs is 3. The summed E-state index contributed by atoms with van der Waals surface area (Å²) in [5, 5.41) is 11.2. The molecular weight excluding hydrogens is 442 g/mol. The van der Waals surface area contributed by atoms with Crippen molar-refractivity contribution in [3.05, 3.63) is 76.4 Å².